The van der Waals surface area contributed by atoms with E-state index in [1.54, 1.807) is 0 Å². The predicted molar refractivity (Wildman–Crippen MR) is 112 cm³/mol. The van der Waals surface area contributed by atoms with Crippen molar-refractivity contribution >= 4 is 11.8 Å². The van der Waals surface area contributed by atoms with Crippen LogP contribution in [-0.2, 0) is 19.1 Å². The molecule has 0 amide bonds. The second-order valence-corrected chi connectivity index (χ2v) is 8.29. The molecule has 1 heterocycles. The van der Waals surface area contributed by atoms with E-state index < -0.39 is 43.3 Å². The zero-order valence-electron chi connectivity index (χ0n) is 18.4. The number of carboxylic acid groups (broad SMARTS) is 1. The molecule has 1 saturated heterocycles. The molecular formula is C22H40O9. The number of hydrogen-bond donors (Lipinski definition) is 5. The second kappa shape index (κ2) is 16.5. The number of ketones is 1. The number of rotatable bonds is 18. The Bertz CT molecular complexity index is 497. The minimum Gasteiger partial charge on any atom is -0.481 e. The molecule has 31 heavy (non-hydrogen) atoms. The largest absolute Gasteiger partial charge is 0.481 e. The maximum Gasteiger partial charge on any atom is 0.303 e. The highest BCUT2D eigenvalue weighted by Gasteiger charge is 2.43. The second-order valence-electron chi connectivity index (χ2n) is 8.29. The van der Waals surface area contributed by atoms with Crippen LogP contribution < -0.4 is 0 Å². The molecule has 0 aromatic rings. The van der Waals surface area contributed by atoms with Crippen LogP contribution in [0.5, 0.6) is 0 Å². The topological polar surface area (TPSA) is 154 Å². The number of hydrogen-bond acceptors (Lipinski definition) is 8. The SMILES string of the molecule is O=C(O)CCCCCCCC(=O)CCCCCCCOC1OC(CO)C(O)C(O)C1O. The monoisotopic (exact) mass is 448 g/mol. The Balaban J connectivity index is 1.95. The number of ether oxygens (including phenoxy) is 2. The van der Waals surface area contributed by atoms with Crippen molar-refractivity contribution in [1.82, 2.24) is 0 Å². The quantitative estimate of drug-likeness (QED) is 0.196. The van der Waals surface area contributed by atoms with Crippen molar-refractivity contribution in [3.05, 3.63) is 0 Å². The third-order valence-corrected chi connectivity index (χ3v) is 5.58. The van der Waals surface area contributed by atoms with Crippen LogP contribution in [0.15, 0.2) is 0 Å². The van der Waals surface area contributed by atoms with Crippen molar-refractivity contribution in [2.45, 2.75) is 114 Å². The van der Waals surface area contributed by atoms with Crippen molar-refractivity contribution in [3.8, 4) is 0 Å². The molecule has 0 bridgehead atoms. The molecule has 0 aromatic heterocycles. The van der Waals surface area contributed by atoms with E-state index in [1.165, 1.54) is 0 Å². The Labute approximate surface area is 184 Å². The molecule has 1 rings (SSSR count). The molecule has 0 spiro atoms. The van der Waals surface area contributed by atoms with E-state index in [9.17, 15) is 24.9 Å². The molecule has 9 heteroatoms. The number of carbonyl (C=O) groups excluding carboxylic acids is 1. The Morgan fingerprint density at radius 1 is 0.710 bits per heavy atom. The summed E-state index contributed by atoms with van der Waals surface area (Å²) in [6.45, 7) is -0.148. The van der Waals surface area contributed by atoms with Gasteiger partial charge in [0.25, 0.3) is 0 Å². The van der Waals surface area contributed by atoms with Crippen LogP contribution in [0.25, 0.3) is 0 Å². The summed E-state index contributed by atoms with van der Waals surface area (Å²) in [5, 5.41) is 47.0. The zero-order chi connectivity index (χ0) is 23.1. The molecule has 5 N–H and O–H groups in total. The predicted octanol–water partition coefficient (Wildman–Crippen LogP) is 1.53. The third-order valence-electron chi connectivity index (χ3n) is 5.58. The van der Waals surface area contributed by atoms with Gasteiger partial charge in [0, 0.05) is 25.9 Å². The van der Waals surface area contributed by atoms with E-state index >= 15 is 0 Å². The smallest absolute Gasteiger partial charge is 0.303 e. The first-order valence-corrected chi connectivity index (χ1v) is 11.5. The summed E-state index contributed by atoms with van der Waals surface area (Å²) in [4.78, 5) is 22.3. The van der Waals surface area contributed by atoms with Crippen LogP contribution in [0.3, 0.4) is 0 Å². The highest BCUT2D eigenvalue weighted by atomic mass is 16.7. The first-order chi connectivity index (χ1) is 14.9. The van der Waals surface area contributed by atoms with Gasteiger partial charge in [-0.05, 0) is 25.7 Å². The van der Waals surface area contributed by atoms with E-state index in [4.69, 9.17) is 19.7 Å². The maximum absolute atomic E-state index is 11.9. The van der Waals surface area contributed by atoms with Crippen LogP contribution in [0.4, 0.5) is 0 Å². The van der Waals surface area contributed by atoms with E-state index in [2.05, 4.69) is 0 Å². The molecule has 0 saturated carbocycles. The van der Waals surface area contributed by atoms with E-state index in [0.717, 1.165) is 57.8 Å². The molecule has 5 atom stereocenters. The summed E-state index contributed by atoms with van der Waals surface area (Å²) in [5.74, 6) is -0.465. The average molecular weight is 449 g/mol. The van der Waals surface area contributed by atoms with Crippen molar-refractivity contribution in [3.63, 3.8) is 0 Å². The van der Waals surface area contributed by atoms with Crippen LogP contribution in [0.2, 0.25) is 0 Å². The molecule has 1 fully saturated rings. The summed E-state index contributed by atoms with van der Waals surface area (Å²) in [5.41, 5.74) is 0. The first kappa shape index (κ1) is 27.9. The Hall–Kier alpha value is -1.10. The molecule has 0 aromatic carbocycles. The molecule has 1 aliphatic heterocycles. The van der Waals surface area contributed by atoms with Crippen molar-refractivity contribution in [2.24, 2.45) is 0 Å². The van der Waals surface area contributed by atoms with Crippen molar-refractivity contribution in [2.75, 3.05) is 13.2 Å². The third kappa shape index (κ3) is 11.9. The van der Waals surface area contributed by atoms with Gasteiger partial charge in [-0.3, -0.25) is 9.59 Å². The Morgan fingerprint density at radius 3 is 1.77 bits per heavy atom. The van der Waals surface area contributed by atoms with E-state index in [-0.39, 0.29) is 12.2 Å². The molecule has 0 aliphatic carbocycles. The van der Waals surface area contributed by atoms with Gasteiger partial charge in [0.05, 0.1) is 6.61 Å². The zero-order valence-corrected chi connectivity index (χ0v) is 18.4. The molecule has 5 unspecified atom stereocenters. The van der Waals surface area contributed by atoms with Crippen LogP contribution in [-0.4, -0.2) is 81.2 Å². The Kier molecular flexibility index (Phi) is 14.9. The van der Waals surface area contributed by atoms with Crippen LogP contribution in [0, 0.1) is 0 Å². The van der Waals surface area contributed by atoms with Gasteiger partial charge < -0.3 is 35.0 Å². The summed E-state index contributed by atoms with van der Waals surface area (Å²) >= 11 is 0. The fourth-order valence-electron chi connectivity index (χ4n) is 3.61. The first-order valence-electron chi connectivity index (χ1n) is 11.5. The van der Waals surface area contributed by atoms with Gasteiger partial charge in [-0.1, -0.05) is 38.5 Å². The fraction of sp³-hybridized carbons (Fsp3) is 0.909. The average Bonchev–Trinajstić information content (AvgIpc) is 2.74. The summed E-state index contributed by atoms with van der Waals surface area (Å²) < 4.78 is 10.7. The lowest BCUT2D eigenvalue weighted by Gasteiger charge is -2.39. The molecular weight excluding hydrogens is 408 g/mol. The normalized spacial score (nSPS) is 26.1. The molecule has 182 valence electrons. The van der Waals surface area contributed by atoms with Crippen molar-refractivity contribution < 1.29 is 44.6 Å². The standard InChI is InChI=1S/C22H40O9/c23-15-17-19(27)20(28)21(29)22(31-17)30-14-10-6-2-4-8-12-16(24)11-7-3-1-5-9-13-18(25)26/h17,19-23,27-29H,1-15H2,(H,25,26). The lowest BCUT2D eigenvalue weighted by atomic mass is 9.99. The van der Waals surface area contributed by atoms with Gasteiger partial charge >= 0.3 is 5.97 Å². The lowest BCUT2D eigenvalue weighted by Crippen LogP contribution is -2.59. The number of Topliss-reactive ketones (excluding diaryl/α,β-unsaturated/α-hetero) is 1. The summed E-state index contributed by atoms with van der Waals surface area (Å²) in [6, 6.07) is 0. The van der Waals surface area contributed by atoms with Gasteiger partial charge in [0.2, 0.25) is 0 Å². The molecule has 0 radical (unpaired) electrons. The van der Waals surface area contributed by atoms with Crippen LogP contribution in [0.1, 0.15) is 83.5 Å². The van der Waals surface area contributed by atoms with Gasteiger partial charge in [0.15, 0.2) is 6.29 Å². The highest BCUT2D eigenvalue weighted by Crippen LogP contribution is 2.22. The summed E-state index contributed by atoms with van der Waals surface area (Å²) in [7, 11) is 0. The maximum atomic E-state index is 11.9. The van der Waals surface area contributed by atoms with Gasteiger partial charge in [0.1, 0.15) is 30.2 Å². The number of unbranched alkanes of at least 4 members (excludes halogenated alkanes) is 8. The summed E-state index contributed by atoms with van der Waals surface area (Å²) in [6.07, 6.45) is 4.08. The van der Waals surface area contributed by atoms with Gasteiger partial charge in [-0.2, -0.15) is 0 Å². The number of carboxylic acids is 1. The van der Waals surface area contributed by atoms with E-state index in [1.807, 2.05) is 0 Å². The number of carbonyl (C=O) groups is 2. The fourth-order valence-corrected chi connectivity index (χ4v) is 3.61. The lowest BCUT2D eigenvalue weighted by molar-refractivity contribution is -0.301. The van der Waals surface area contributed by atoms with Crippen LogP contribution >= 0.6 is 0 Å². The van der Waals surface area contributed by atoms with E-state index in [0.29, 0.717) is 25.9 Å². The highest BCUT2D eigenvalue weighted by molar-refractivity contribution is 5.78. The number of aliphatic hydroxyl groups is 4. The van der Waals surface area contributed by atoms with Gasteiger partial charge in [-0.25, -0.2) is 0 Å². The number of aliphatic hydroxyl groups excluding tert-OH is 4. The Morgan fingerprint density at radius 2 is 1.23 bits per heavy atom. The number of aliphatic carboxylic acids is 1. The van der Waals surface area contributed by atoms with Gasteiger partial charge in [-0.15, -0.1) is 0 Å². The minimum absolute atomic E-state index is 0.221. The minimum atomic E-state index is -1.43. The van der Waals surface area contributed by atoms with Crippen molar-refractivity contribution in [1.29, 1.82) is 0 Å². The molecule has 9 nitrogen and oxygen atoms in total. The molecule has 1 aliphatic rings.